The minimum absolute atomic E-state index is 0.242. The van der Waals surface area contributed by atoms with Gasteiger partial charge in [-0.25, -0.2) is 0 Å². The lowest BCUT2D eigenvalue weighted by Gasteiger charge is -2.05. The van der Waals surface area contributed by atoms with E-state index in [0.29, 0.717) is 17.9 Å². The van der Waals surface area contributed by atoms with Gasteiger partial charge in [0.15, 0.2) is 0 Å². The van der Waals surface area contributed by atoms with Crippen LogP contribution >= 0.6 is 11.6 Å². The van der Waals surface area contributed by atoms with E-state index in [2.05, 4.69) is 10.9 Å². The molecule has 118 valence electrons. The molecule has 2 aromatic rings. The van der Waals surface area contributed by atoms with Crippen LogP contribution < -0.4 is 10.9 Å². The Balaban J connectivity index is 1.73. The molecule has 4 nitrogen and oxygen atoms in total. The molecule has 0 aromatic heterocycles. The lowest BCUT2D eigenvalue weighted by atomic mass is 10.1. The summed E-state index contributed by atoms with van der Waals surface area (Å²) in [6.45, 7) is 0. The molecule has 0 unspecified atom stereocenters. The van der Waals surface area contributed by atoms with Gasteiger partial charge in [-0.2, -0.15) is 0 Å². The Hall–Kier alpha value is -2.59. The quantitative estimate of drug-likeness (QED) is 0.654. The molecule has 0 aliphatic heterocycles. The van der Waals surface area contributed by atoms with Crippen LogP contribution in [0, 0.1) is 0 Å². The van der Waals surface area contributed by atoms with E-state index in [0.717, 1.165) is 11.1 Å². The summed E-state index contributed by atoms with van der Waals surface area (Å²) in [6.07, 6.45) is 3.84. The number of nitrogens with one attached hydrogen (secondary N) is 2. The number of hydrazine groups is 1. The van der Waals surface area contributed by atoms with Gasteiger partial charge in [0.2, 0.25) is 5.91 Å². The molecule has 0 aliphatic carbocycles. The fourth-order valence-corrected chi connectivity index (χ4v) is 2.11. The van der Waals surface area contributed by atoms with Gasteiger partial charge in [0.1, 0.15) is 0 Å². The van der Waals surface area contributed by atoms with Crippen LogP contribution in [0.15, 0.2) is 60.7 Å². The van der Waals surface area contributed by atoms with E-state index in [4.69, 9.17) is 11.6 Å². The van der Waals surface area contributed by atoms with Crippen molar-refractivity contribution in [1.29, 1.82) is 0 Å². The zero-order valence-corrected chi connectivity index (χ0v) is 13.2. The molecule has 0 bridgehead atoms. The van der Waals surface area contributed by atoms with Crippen molar-refractivity contribution in [2.24, 2.45) is 0 Å². The van der Waals surface area contributed by atoms with Gasteiger partial charge in [0.05, 0.1) is 0 Å². The second-order valence-corrected chi connectivity index (χ2v) is 5.29. The number of carbonyl (C=O) groups is 2. The van der Waals surface area contributed by atoms with Gasteiger partial charge in [-0.15, -0.1) is 0 Å². The largest absolute Gasteiger partial charge is 0.273 e. The van der Waals surface area contributed by atoms with Crippen molar-refractivity contribution in [3.05, 3.63) is 76.8 Å². The number of aryl methyl sites for hydroxylation is 1. The van der Waals surface area contributed by atoms with Crippen LogP contribution in [-0.4, -0.2) is 11.8 Å². The Morgan fingerprint density at radius 1 is 0.957 bits per heavy atom. The molecular formula is C18H17ClN2O2. The van der Waals surface area contributed by atoms with E-state index >= 15 is 0 Å². The molecule has 0 saturated heterocycles. The van der Waals surface area contributed by atoms with Gasteiger partial charge < -0.3 is 0 Å². The number of hydrogen-bond donors (Lipinski definition) is 2. The van der Waals surface area contributed by atoms with Crippen molar-refractivity contribution < 1.29 is 9.59 Å². The topological polar surface area (TPSA) is 58.2 Å². The van der Waals surface area contributed by atoms with Gasteiger partial charge in [-0.05, 0) is 29.7 Å². The van der Waals surface area contributed by atoms with E-state index in [1.165, 1.54) is 6.08 Å². The molecule has 0 saturated carbocycles. The summed E-state index contributed by atoms with van der Waals surface area (Å²) >= 11 is 5.98. The first kappa shape index (κ1) is 16.8. The van der Waals surface area contributed by atoms with Crippen molar-refractivity contribution in [1.82, 2.24) is 10.9 Å². The minimum Gasteiger partial charge on any atom is -0.273 e. The van der Waals surface area contributed by atoms with E-state index in [1.807, 2.05) is 42.5 Å². The maximum atomic E-state index is 11.7. The molecule has 0 atom stereocenters. The normalized spacial score (nSPS) is 10.5. The first-order chi connectivity index (χ1) is 11.1. The third-order valence-electron chi connectivity index (χ3n) is 3.13. The monoisotopic (exact) mass is 328 g/mol. The van der Waals surface area contributed by atoms with Crippen LogP contribution in [0.25, 0.3) is 6.08 Å². The molecule has 2 amide bonds. The van der Waals surface area contributed by atoms with Crippen LogP contribution in [0.1, 0.15) is 17.5 Å². The highest BCUT2D eigenvalue weighted by atomic mass is 35.5. The predicted molar refractivity (Wildman–Crippen MR) is 91.5 cm³/mol. The van der Waals surface area contributed by atoms with E-state index in [-0.39, 0.29) is 5.91 Å². The molecule has 2 aromatic carbocycles. The number of carbonyl (C=O) groups excluding carboxylic acids is 2. The number of rotatable bonds is 5. The molecule has 2 rings (SSSR count). The van der Waals surface area contributed by atoms with Gasteiger partial charge in [-0.1, -0.05) is 60.1 Å². The standard InChI is InChI=1S/C18H17ClN2O2/c19-16-9-5-4-8-15(16)11-13-18(23)21-20-17(22)12-10-14-6-2-1-3-7-14/h1-9,11,13H,10,12H2,(H,20,22)(H,21,23)/b13-11+. The molecule has 0 spiro atoms. The zero-order chi connectivity index (χ0) is 16.5. The zero-order valence-electron chi connectivity index (χ0n) is 12.5. The molecular weight excluding hydrogens is 312 g/mol. The average molecular weight is 329 g/mol. The Morgan fingerprint density at radius 2 is 1.65 bits per heavy atom. The van der Waals surface area contributed by atoms with Crippen molar-refractivity contribution in [3.8, 4) is 0 Å². The van der Waals surface area contributed by atoms with E-state index in [9.17, 15) is 9.59 Å². The van der Waals surface area contributed by atoms with Crippen molar-refractivity contribution >= 4 is 29.5 Å². The predicted octanol–water partition coefficient (Wildman–Crippen LogP) is 3.13. The summed E-state index contributed by atoms with van der Waals surface area (Å²) in [5.74, 6) is -0.661. The van der Waals surface area contributed by atoms with Crippen LogP contribution in [0.5, 0.6) is 0 Å². The molecule has 0 heterocycles. The fraction of sp³-hybridized carbons (Fsp3) is 0.111. The van der Waals surface area contributed by atoms with Gasteiger partial charge in [-0.3, -0.25) is 20.4 Å². The second-order valence-electron chi connectivity index (χ2n) is 4.88. The van der Waals surface area contributed by atoms with Gasteiger partial charge in [0, 0.05) is 17.5 Å². The van der Waals surface area contributed by atoms with Crippen molar-refractivity contribution in [2.75, 3.05) is 0 Å². The fourth-order valence-electron chi connectivity index (χ4n) is 1.91. The average Bonchev–Trinajstić information content (AvgIpc) is 2.58. The summed E-state index contributed by atoms with van der Waals surface area (Å²) < 4.78 is 0. The van der Waals surface area contributed by atoms with Crippen LogP contribution in [0.2, 0.25) is 5.02 Å². The van der Waals surface area contributed by atoms with Crippen molar-refractivity contribution in [3.63, 3.8) is 0 Å². The van der Waals surface area contributed by atoms with Crippen LogP contribution in [0.4, 0.5) is 0 Å². The number of benzene rings is 2. The first-order valence-electron chi connectivity index (χ1n) is 7.20. The summed E-state index contributed by atoms with van der Waals surface area (Å²) in [7, 11) is 0. The Labute approximate surface area is 140 Å². The molecule has 0 fully saturated rings. The lowest BCUT2D eigenvalue weighted by Crippen LogP contribution is -2.40. The molecule has 23 heavy (non-hydrogen) atoms. The smallest absolute Gasteiger partial charge is 0.262 e. The van der Waals surface area contributed by atoms with Crippen LogP contribution in [0.3, 0.4) is 0 Å². The van der Waals surface area contributed by atoms with Crippen LogP contribution in [-0.2, 0) is 16.0 Å². The molecule has 0 aliphatic rings. The maximum absolute atomic E-state index is 11.7. The van der Waals surface area contributed by atoms with E-state index < -0.39 is 5.91 Å². The summed E-state index contributed by atoms with van der Waals surface area (Å²) in [5, 5.41) is 0.559. The third-order valence-corrected chi connectivity index (χ3v) is 3.47. The third kappa shape index (κ3) is 5.96. The first-order valence-corrected chi connectivity index (χ1v) is 7.58. The van der Waals surface area contributed by atoms with E-state index in [1.54, 1.807) is 18.2 Å². The maximum Gasteiger partial charge on any atom is 0.262 e. The summed E-state index contributed by atoms with van der Waals surface area (Å²) in [5.41, 5.74) is 6.53. The summed E-state index contributed by atoms with van der Waals surface area (Å²) in [6, 6.07) is 16.9. The highest BCUT2D eigenvalue weighted by molar-refractivity contribution is 6.32. The Bertz CT molecular complexity index is 699. The number of amides is 2. The molecule has 0 radical (unpaired) electrons. The molecule has 5 heteroatoms. The van der Waals surface area contributed by atoms with Gasteiger partial charge in [0.25, 0.3) is 5.91 Å². The Morgan fingerprint density at radius 3 is 2.39 bits per heavy atom. The molecule has 2 N–H and O–H groups in total. The SMILES string of the molecule is O=C(/C=C/c1ccccc1Cl)NNC(=O)CCc1ccccc1. The minimum atomic E-state index is -0.419. The number of halogens is 1. The van der Waals surface area contributed by atoms with Crippen molar-refractivity contribution in [2.45, 2.75) is 12.8 Å². The number of hydrogen-bond acceptors (Lipinski definition) is 2. The summed E-state index contributed by atoms with van der Waals surface area (Å²) in [4.78, 5) is 23.3. The Kier molecular flexibility index (Phi) is 6.39. The lowest BCUT2D eigenvalue weighted by molar-refractivity contribution is -0.126. The second kappa shape index (κ2) is 8.76. The highest BCUT2D eigenvalue weighted by Gasteiger charge is 2.03. The van der Waals surface area contributed by atoms with Gasteiger partial charge >= 0.3 is 0 Å². The highest BCUT2D eigenvalue weighted by Crippen LogP contribution is 2.15.